The fourth-order valence-corrected chi connectivity index (χ4v) is 2.44. The zero-order valence-electron chi connectivity index (χ0n) is 9.68. The van der Waals surface area contributed by atoms with Crippen molar-refractivity contribution in [3.05, 3.63) is 35.9 Å². The Morgan fingerprint density at radius 3 is 2.53 bits per heavy atom. The summed E-state index contributed by atoms with van der Waals surface area (Å²) >= 11 is 0. The number of nitrogens with two attached hydrogens (primary N) is 1. The summed E-state index contributed by atoms with van der Waals surface area (Å²) in [5, 5.41) is 7.17. The zero-order valence-corrected chi connectivity index (χ0v) is 10.5. The number of rotatable bonds is 6. The van der Waals surface area contributed by atoms with Gasteiger partial charge in [-0.05, 0) is 5.56 Å². The van der Waals surface area contributed by atoms with Crippen molar-refractivity contribution < 1.29 is 8.42 Å². The van der Waals surface area contributed by atoms with Crippen LogP contribution in [0.1, 0.15) is 12.5 Å². The molecule has 5 nitrogen and oxygen atoms in total. The van der Waals surface area contributed by atoms with Gasteiger partial charge in [0.2, 0.25) is 10.0 Å². The summed E-state index contributed by atoms with van der Waals surface area (Å²) in [5.74, 6) is -0.369. The molecule has 1 aromatic rings. The van der Waals surface area contributed by atoms with Gasteiger partial charge in [-0.3, -0.25) is 5.41 Å². The highest BCUT2D eigenvalue weighted by Crippen LogP contribution is 2.04. The number of hydrogen-bond donors (Lipinski definition) is 3. The van der Waals surface area contributed by atoms with E-state index < -0.39 is 10.0 Å². The molecular formula is C11H17N3O2S. The van der Waals surface area contributed by atoms with Crippen molar-refractivity contribution in [3.63, 3.8) is 0 Å². The average molecular weight is 255 g/mol. The maximum Gasteiger partial charge on any atom is 0.215 e. The molecule has 0 radical (unpaired) electrons. The molecule has 0 amide bonds. The predicted octanol–water partition coefficient (Wildman–Crippen LogP) is 0.678. The minimum absolute atomic E-state index is 0.0209. The minimum Gasteiger partial charge on any atom is -0.387 e. The van der Waals surface area contributed by atoms with E-state index >= 15 is 0 Å². The van der Waals surface area contributed by atoms with Crippen LogP contribution in [-0.2, 0) is 15.8 Å². The topological polar surface area (TPSA) is 96.0 Å². The third-order valence-electron chi connectivity index (χ3n) is 2.34. The number of sulfonamides is 1. The molecule has 0 heterocycles. The van der Waals surface area contributed by atoms with E-state index in [0.717, 1.165) is 5.56 Å². The molecule has 0 saturated carbocycles. The van der Waals surface area contributed by atoms with E-state index in [1.165, 1.54) is 0 Å². The Hall–Kier alpha value is -1.40. The quantitative estimate of drug-likeness (QED) is 0.515. The van der Waals surface area contributed by atoms with Crippen molar-refractivity contribution in [2.45, 2.75) is 12.7 Å². The van der Waals surface area contributed by atoms with E-state index in [1.54, 1.807) is 31.2 Å². The zero-order chi connectivity index (χ0) is 12.9. The van der Waals surface area contributed by atoms with Crippen molar-refractivity contribution in [1.82, 2.24) is 4.72 Å². The van der Waals surface area contributed by atoms with E-state index in [2.05, 4.69) is 4.72 Å². The summed E-state index contributed by atoms with van der Waals surface area (Å²) < 4.78 is 25.8. The minimum atomic E-state index is -3.37. The monoisotopic (exact) mass is 255 g/mol. The summed E-state index contributed by atoms with van der Waals surface area (Å²) in [7, 11) is -3.37. The molecule has 0 bridgehead atoms. The van der Waals surface area contributed by atoms with Crippen molar-refractivity contribution in [1.29, 1.82) is 5.41 Å². The molecule has 6 heteroatoms. The third-order valence-corrected chi connectivity index (χ3v) is 3.66. The van der Waals surface area contributed by atoms with Crippen LogP contribution in [0.3, 0.4) is 0 Å². The van der Waals surface area contributed by atoms with Gasteiger partial charge in [-0.25, -0.2) is 13.1 Å². The molecule has 0 fully saturated rings. The van der Waals surface area contributed by atoms with Crippen LogP contribution in [0.15, 0.2) is 30.3 Å². The number of hydrogen-bond acceptors (Lipinski definition) is 3. The highest BCUT2D eigenvalue weighted by molar-refractivity contribution is 7.88. The molecule has 0 saturated heterocycles. The molecular weight excluding hydrogens is 238 g/mol. The maximum absolute atomic E-state index is 11.7. The highest BCUT2D eigenvalue weighted by Gasteiger charge is 2.13. The van der Waals surface area contributed by atoms with Crippen molar-refractivity contribution in [2.75, 3.05) is 6.54 Å². The van der Waals surface area contributed by atoms with Gasteiger partial charge in [0.15, 0.2) is 0 Å². The molecule has 1 atom stereocenters. The molecule has 0 aliphatic rings. The van der Waals surface area contributed by atoms with Gasteiger partial charge in [0.05, 0.1) is 11.6 Å². The normalized spacial score (nSPS) is 13.2. The third kappa shape index (κ3) is 4.97. The van der Waals surface area contributed by atoms with Gasteiger partial charge in [0.1, 0.15) is 0 Å². The molecule has 0 spiro atoms. The Labute approximate surface area is 102 Å². The highest BCUT2D eigenvalue weighted by atomic mass is 32.2. The summed E-state index contributed by atoms with van der Waals surface area (Å²) in [6.45, 7) is 1.86. The molecule has 0 aromatic heterocycles. The first-order valence-corrected chi connectivity index (χ1v) is 6.91. The Bertz CT molecular complexity index is 471. The second-order valence-electron chi connectivity index (χ2n) is 3.95. The van der Waals surface area contributed by atoms with Gasteiger partial charge in [-0.1, -0.05) is 37.3 Å². The summed E-state index contributed by atoms with van der Waals surface area (Å²) in [6.07, 6.45) is 0. The van der Waals surface area contributed by atoms with Gasteiger partial charge < -0.3 is 5.73 Å². The molecule has 1 rings (SSSR count). The second kappa shape index (κ2) is 5.79. The van der Waals surface area contributed by atoms with Crippen LogP contribution >= 0.6 is 0 Å². The second-order valence-corrected chi connectivity index (χ2v) is 5.76. The van der Waals surface area contributed by atoms with E-state index in [9.17, 15) is 8.42 Å². The van der Waals surface area contributed by atoms with Crippen molar-refractivity contribution in [3.8, 4) is 0 Å². The smallest absolute Gasteiger partial charge is 0.215 e. The predicted molar refractivity (Wildman–Crippen MR) is 68.1 cm³/mol. The van der Waals surface area contributed by atoms with Crippen LogP contribution in [0.2, 0.25) is 0 Å². The van der Waals surface area contributed by atoms with Crippen LogP contribution in [0, 0.1) is 11.3 Å². The SMILES string of the molecule is CC(CNS(=O)(=O)Cc1ccccc1)C(=N)N. The lowest BCUT2D eigenvalue weighted by Crippen LogP contribution is -2.34. The first kappa shape index (κ1) is 13.7. The molecule has 0 aliphatic carbocycles. The molecule has 94 valence electrons. The molecule has 17 heavy (non-hydrogen) atoms. The molecule has 4 N–H and O–H groups in total. The van der Waals surface area contributed by atoms with Crippen LogP contribution in [0.4, 0.5) is 0 Å². The fraction of sp³-hybridized carbons (Fsp3) is 0.364. The maximum atomic E-state index is 11.7. The van der Waals surface area contributed by atoms with E-state index in [0.29, 0.717) is 0 Å². The van der Waals surface area contributed by atoms with Gasteiger partial charge in [-0.2, -0.15) is 0 Å². The first-order chi connectivity index (χ1) is 7.91. The van der Waals surface area contributed by atoms with E-state index in [1.807, 2.05) is 6.07 Å². The van der Waals surface area contributed by atoms with E-state index in [4.69, 9.17) is 11.1 Å². The Morgan fingerprint density at radius 2 is 2.00 bits per heavy atom. The van der Waals surface area contributed by atoms with Crippen molar-refractivity contribution >= 4 is 15.9 Å². The van der Waals surface area contributed by atoms with Gasteiger partial charge >= 0.3 is 0 Å². The lowest BCUT2D eigenvalue weighted by atomic mass is 10.2. The number of amidine groups is 1. The summed E-state index contributed by atoms with van der Waals surface area (Å²) in [6, 6.07) is 8.94. The molecule has 1 unspecified atom stereocenters. The Kier molecular flexibility index (Phi) is 4.65. The van der Waals surface area contributed by atoms with Gasteiger partial charge in [0, 0.05) is 12.5 Å². The number of benzene rings is 1. The van der Waals surface area contributed by atoms with Crippen LogP contribution in [0.5, 0.6) is 0 Å². The fourth-order valence-electron chi connectivity index (χ4n) is 1.21. The lowest BCUT2D eigenvalue weighted by molar-refractivity contribution is 0.573. The van der Waals surface area contributed by atoms with Gasteiger partial charge in [-0.15, -0.1) is 0 Å². The first-order valence-electron chi connectivity index (χ1n) is 5.26. The Morgan fingerprint density at radius 1 is 1.41 bits per heavy atom. The standard InChI is InChI=1S/C11H17N3O2S/c1-9(11(12)13)7-14-17(15,16)8-10-5-3-2-4-6-10/h2-6,9,14H,7-8H2,1H3,(H3,12,13). The molecule has 0 aliphatic heterocycles. The van der Waals surface area contributed by atoms with E-state index in [-0.39, 0.29) is 24.1 Å². The van der Waals surface area contributed by atoms with Gasteiger partial charge in [0.25, 0.3) is 0 Å². The van der Waals surface area contributed by atoms with Crippen LogP contribution in [-0.4, -0.2) is 20.8 Å². The summed E-state index contributed by atoms with van der Waals surface area (Å²) in [5.41, 5.74) is 6.00. The summed E-state index contributed by atoms with van der Waals surface area (Å²) in [4.78, 5) is 0. The Balaban J connectivity index is 2.56. The van der Waals surface area contributed by atoms with Crippen LogP contribution in [0.25, 0.3) is 0 Å². The van der Waals surface area contributed by atoms with Crippen molar-refractivity contribution in [2.24, 2.45) is 11.7 Å². The largest absolute Gasteiger partial charge is 0.387 e. The lowest BCUT2D eigenvalue weighted by Gasteiger charge is -2.11. The average Bonchev–Trinajstić information content (AvgIpc) is 2.26. The number of nitrogens with one attached hydrogen (secondary N) is 2. The molecule has 1 aromatic carbocycles. The van der Waals surface area contributed by atoms with Crippen LogP contribution < -0.4 is 10.5 Å².